The summed E-state index contributed by atoms with van der Waals surface area (Å²) in [5, 5.41) is 14.5. The summed E-state index contributed by atoms with van der Waals surface area (Å²) in [4.78, 5) is 12.2. The Hall–Kier alpha value is -3.28. The smallest absolute Gasteiger partial charge is 0.251 e. The molecule has 0 bridgehead atoms. The van der Waals surface area contributed by atoms with E-state index in [1.54, 1.807) is 24.3 Å². The summed E-state index contributed by atoms with van der Waals surface area (Å²) in [7, 11) is 0. The maximum absolute atomic E-state index is 13.0. The Morgan fingerprint density at radius 3 is 2.27 bits per heavy atom. The van der Waals surface area contributed by atoms with Gasteiger partial charge in [-0.2, -0.15) is 0 Å². The molecule has 0 aliphatic heterocycles. The van der Waals surface area contributed by atoms with Gasteiger partial charge in [0.15, 0.2) is 5.82 Å². The van der Waals surface area contributed by atoms with Crippen LogP contribution in [0.4, 0.5) is 15.9 Å². The summed E-state index contributed by atoms with van der Waals surface area (Å²) in [5.74, 6) is 0.250. The topological polar surface area (TPSA) is 66.9 Å². The first-order valence-electron chi connectivity index (χ1n) is 10.4. The number of carbonyl (C=O) groups is 1. The van der Waals surface area contributed by atoms with E-state index in [2.05, 4.69) is 27.8 Å². The van der Waals surface area contributed by atoms with Gasteiger partial charge in [0.2, 0.25) is 0 Å². The van der Waals surface area contributed by atoms with Crippen molar-refractivity contribution >= 4 is 17.4 Å². The van der Waals surface area contributed by atoms with E-state index in [1.165, 1.54) is 31.4 Å². The molecule has 0 saturated carbocycles. The molecule has 5 nitrogen and oxygen atoms in total. The Morgan fingerprint density at radius 2 is 1.60 bits per heavy atom. The summed E-state index contributed by atoms with van der Waals surface area (Å²) >= 11 is 0. The average molecular weight is 407 g/mol. The molecule has 0 aliphatic rings. The zero-order valence-corrected chi connectivity index (χ0v) is 17.2. The number of rotatable bonds is 10. The number of anilines is 2. The standard InChI is InChI=1S/C24H27FN4O/c1-2-3-4-5-6-17-26-24(30)19-9-13-21(14-10-19)27-23-16-15-22(28-29-23)18-7-11-20(25)12-8-18/h7-16H,2-6,17H2,1H3,(H,26,30)(H,27,29). The number of amides is 1. The average Bonchev–Trinajstić information content (AvgIpc) is 2.78. The first-order valence-corrected chi connectivity index (χ1v) is 10.4. The van der Waals surface area contributed by atoms with Crippen molar-refractivity contribution in [2.24, 2.45) is 0 Å². The fraction of sp³-hybridized carbons (Fsp3) is 0.292. The SMILES string of the molecule is CCCCCCCNC(=O)c1ccc(Nc2ccc(-c3ccc(F)cc3)nn2)cc1. The molecular formula is C24H27FN4O. The number of hydrogen-bond acceptors (Lipinski definition) is 4. The van der Waals surface area contributed by atoms with Gasteiger partial charge in [0.25, 0.3) is 5.91 Å². The van der Waals surface area contributed by atoms with Gasteiger partial charge in [0, 0.05) is 23.4 Å². The number of hydrogen-bond donors (Lipinski definition) is 2. The van der Waals surface area contributed by atoms with Crippen LogP contribution in [-0.4, -0.2) is 22.6 Å². The number of carbonyl (C=O) groups excluding carboxylic acids is 1. The van der Waals surface area contributed by atoms with Crippen LogP contribution in [0, 0.1) is 5.82 Å². The van der Waals surface area contributed by atoms with Gasteiger partial charge in [-0.3, -0.25) is 4.79 Å². The number of aromatic nitrogens is 2. The largest absolute Gasteiger partial charge is 0.352 e. The highest BCUT2D eigenvalue weighted by molar-refractivity contribution is 5.94. The van der Waals surface area contributed by atoms with Crippen molar-refractivity contribution in [3.8, 4) is 11.3 Å². The van der Waals surface area contributed by atoms with E-state index in [4.69, 9.17) is 0 Å². The van der Waals surface area contributed by atoms with Gasteiger partial charge in [-0.25, -0.2) is 4.39 Å². The van der Waals surface area contributed by atoms with Crippen LogP contribution in [0.3, 0.4) is 0 Å². The summed E-state index contributed by atoms with van der Waals surface area (Å²) < 4.78 is 13.0. The highest BCUT2D eigenvalue weighted by Gasteiger charge is 2.06. The second-order valence-corrected chi connectivity index (χ2v) is 7.18. The Kier molecular flexibility index (Phi) is 7.89. The summed E-state index contributed by atoms with van der Waals surface area (Å²) in [6, 6.07) is 17.0. The van der Waals surface area contributed by atoms with Crippen LogP contribution in [0.15, 0.2) is 60.7 Å². The molecule has 0 unspecified atom stereocenters. The van der Waals surface area contributed by atoms with E-state index in [-0.39, 0.29) is 11.7 Å². The minimum absolute atomic E-state index is 0.0551. The predicted octanol–water partition coefficient (Wildman–Crippen LogP) is 5.73. The quantitative estimate of drug-likeness (QED) is 0.422. The van der Waals surface area contributed by atoms with E-state index in [0.29, 0.717) is 23.6 Å². The number of nitrogens with one attached hydrogen (secondary N) is 2. The summed E-state index contributed by atoms with van der Waals surface area (Å²) in [6.45, 7) is 2.90. The molecule has 2 aromatic carbocycles. The van der Waals surface area contributed by atoms with Crippen LogP contribution in [-0.2, 0) is 0 Å². The molecule has 0 fully saturated rings. The van der Waals surface area contributed by atoms with Crippen molar-refractivity contribution in [3.05, 3.63) is 72.0 Å². The molecule has 30 heavy (non-hydrogen) atoms. The zero-order chi connectivity index (χ0) is 21.2. The van der Waals surface area contributed by atoms with Crippen molar-refractivity contribution < 1.29 is 9.18 Å². The molecule has 1 heterocycles. The lowest BCUT2D eigenvalue weighted by atomic mass is 10.1. The van der Waals surface area contributed by atoms with Crippen LogP contribution in [0.1, 0.15) is 49.4 Å². The molecule has 156 valence electrons. The number of benzene rings is 2. The normalized spacial score (nSPS) is 10.6. The van der Waals surface area contributed by atoms with E-state index in [9.17, 15) is 9.18 Å². The first-order chi connectivity index (χ1) is 14.7. The Bertz CT molecular complexity index is 925. The highest BCUT2D eigenvalue weighted by Crippen LogP contribution is 2.19. The monoisotopic (exact) mass is 406 g/mol. The van der Waals surface area contributed by atoms with Gasteiger partial charge >= 0.3 is 0 Å². The molecule has 0 atom stereocenters. The molecule has 0 saturated heterocycles. The second kappa shape index (κ2) is 11.0. The molecule has 0 spiro atoms. The molecule has 1 amide bonds. The molecule has 3 aromatic rings. The molecule has 3 rings (SSSR count). The van der Waals surface area contributed by atoms with Crippen molar-refractivity contribution in [2.75, 3.05) is 11.9 Å². The fourth-order valence-electron chi connectivity index (χ4n) is 3.06. The van der Waals surface area contributed by atoms with E-state index in [0.717, 1.165) is 24.1 Å². The fourth-order valence-corrected chi connectivity index (χ4v) is 3.06. The zero-order valence-electron chi connectivity index (χ0n) is 17.2. The van der Waals surface area contributed by atoms with Gasteiger partial charge in [0.05, 0.1) is 5.69 Å². The summed E-state index contributed by atoms with van der Waals surface area (Å²) in [6.07, 6.45) is 5.86. The van der Waals surface area contributed by atoms with Gasteiger partial charge in [-0.1, -0.05) is 32.6 Å². The molecule has 0 radical (unpaired) electrons. The van der Waals surface area contributed by atoms with Crippen LogP contribution in [0.2, 0.25) is 0 Å². The number of halogens is 1. The lowest BCUT2D eigenvalue weighted by Gasteiger charge is -2.08. The van der Waals surface area contributed by atoms with Gasteiger partial charge in [0.1, 0.15) is 5.82 Å². The van der Waals surface area contributed by atoms with E-state index < -0.39 is 0 Å². The third kappa shape index (κ3) is 6.37. The van der Waals surface area contributed by atoms with Crippen LogP contribution in [0.5, 0.6) is 0 Å². The highest BCUT2D eigenvalue weighted by atomic mass is 19.1. The minimum atomic E-state index is -0.283. The van der Waals surface area contributed by atoms with Crippen LogP contribution < -0.4 is 10.6 Å². The molecule has 0 aliphatic carbocycles. The molecule has 2 N–H and O–H groups in total. The third-order valence-electron chi connectivity index (χ3n) is 4.79. The van der Waals surface area contributed by atoms with Crippen molar-refractivity contribution in [1.82, 2.24) is 15.5 Å². The van der Waals surface area contributed by atoms with Crippen molar-refractivity contribution in [2.45, 2.75) is 39.0 Å². The van der Waals surface area contributed by atoms with Gasteiger partial charge in [-0.05, 0) is 67.1 Å². The second-order valence-electron chi connectivity index (χ2n) is 7.18. The predicted molar refractivity (Wildman–Crippen MR) is 118 cm³/mol. The molecular weight excluding hydrogens is 379 g/mol. The lowest BCUT2D eigenvalue weighted by molar-refractivity contribution is 0.0953. The first kappa shape index (κ1) is 21.4. The third-order valence-corrected chi connectivity index (χ3v) is 4.79. The number of unbranched alkanes of at least 4 members (excludes halogenated alkanes) is 4. The summed E-state index contributed by atoms with van der Waals surface area (Å²) in [5.41, 5.74) is 2.92. The Morgan fingerprint density at radius 1 is 0.867 bits per heavy atom. The maximum Gasteiger partial charge on any atom is 0.251 e. The maximum atomic E-state index is 13.0. The van der Waals surface area contributed by atoms with Crippen LogP contribution in [0.25, 0.3) is 11.3 Å². The number of nitrogens with zero attached hydrogens (tertiary/aromatic N) is 2. The molecule has 1 aromatic heterocycles. The lowest BCUT2D eigenvalue weighted by Crippen LogP contribution is -2.24. The van der Waals surface area contributed by atoms with Gasteiger partial charge < -0.3 is 10.6 Å². The van der Waals surface area contributed by atoms with E-state index in [1.807, 2.05) is 24.3 Å². The van der Waals surface area contributed by atoms with Crippen LogP contribution >= 0.6 is 0 Å². The Labute approximate surface area is 176 Å². The Balaban J connectivity index is 1.50. The van der Waals surface area contributed by atoms with E-state index >= 15 is 0 Å². The molecule has 6 heteroatoms. The minimum Gasteiger partial charge on any atom is -0.352 e. The van der Waals surface area contributed by atoms with Crippen molar-refractivity contribution in [1.29, 1.82) is 0 Å². The van der Waals surface area contributed by atoms with Gasteiger partial charge in [-0.15, -0.1) is 10.2 Å². The van der Waals surface area contributed by atoms with Crippen molar-refractivity contribution in [3.63, 3.8) is 0 Å².